The van der Waals surface area contributed by atoms with E-state index in [-0.39, 0.29) is 0 Å². The Balaban J connectivity index is 1.42. The molecule has 1 heteroatoms. The van der Waals surface area contributed by atoms with Crippen LogP contribution in [0.1, 0.15) is 94.2 Å². The fourth-order valence-corrected chi connectivity index (χ4v) is 5.15. The van der Waals surface area contributed by atoms with E-state index in [0.29, 0.717) is 0 Å². The van der Waals surface area contributed by atoms with Gasteiger partial charge < -0.3 is 0 Å². The van der Waals surface area contributed by atoms with Gasteiger partial charge in [0.05, 0.1) is 11.6 Å². The molecule has 0 spiro atoms. The highest BCUT2D eigenvalue weighted by atomic mass is 14.3. The van der Waals surface area contributed by atoms with Crippen LogP contribution in [0, 0.1) is 30.1 Å². The molecule has 0 N–H and O–H groups in total. The van der Waals surface area contributed by atoms with Gasteiger partial charge in [-0.1, -0.05) is 101 Å². The van der Waals surface area contributed by atoms with Crippen LogP contribution in [0.5, 0.6) is 0 Å². The summed E-state index contributed by atoms with van der Waals surface area (Å²) in [7, 11) is 0. The minimum absolute atomic E-state index is 0.722. The van der Waals surface area contributed by atoms with Gasteiger partial charge >= 0.3 is 0 Å². The number of nitriles is 1. The number of hydrogen-bond acceptors (Lipinski definition) is 1. The molecule has 0 aromatic heterocycles. The Kier molecular flexibility index (Phi) is 9.00. The van der Waals surface area contributed by atoms with Crippen LogP contribution in [0.2, 0.25) is 0 Å². The average Bonchev–Trinajstić information content (AvgIpc) is 2.78. The van der Waals surface area contributed by atoms with Gasteiger partial charge in [0, 0.05) is 0 Å². The second-order valence-electron chi connectivity index (χ2n) is 9.47. The van der Waals surface area contributed by atoms with Crippen molar-refractivity contribution in [1.82, 2.24) is 0 Å². The third-order valence-corrected chi connectivity index (χ3v) is 7.14. The molecule has 1 saturated carbocycles. The molecule has 0 saturated heterocycles. The number of unbranched alkanes of at least 4 members (excludes halogenated alkanes) is 4. The Morgan fingerprint density at radius 3 is 2.13 bits per heavy atom. The van der Waals surface area contributed by atoms with Crippen LogP contribution < -0.4 is 0 Å². The number of hydrogen-bond donors (Lipinski definition) is 0. The van der Waals surface area contributed by atoms with E-state index in [1.54, 1.807) is 0 Å². The first-order chi connectivity index (χ1) is 14.7. The van der Waals surface area contributed by atoms with Crippen molar-refractivity contribution in [3.05, 3.63) is 59.2 Å². The van der Waals surface area contributed by atoms with Gasteiger partial charge in [-0.15, -0.1) is 0 Å². The zero-order valence-electron chi connectivity index (χ0n) is 19.1. The molecule has 1 aliphatic carbocycles. The van der Waals surface area contributed by atoms with E-state index >= 15 is 0 Å². The molecule has 1 aliphatic rings. The fraction of sp³-hybridized carbons (Fsp3) is 0.552. The van der Waals surface area contributed by atoms with Crippen molar-refractivity contribution < 1.29 is 0 Å². The van der Waals surface area contributed by atoms with Crippen LogP contribution in [0.25, 0.3) is 11.1 Å². The number of aryl methyl sites for hydroxylation is 2. The third kappa shape index (κ3) is 6.73. The van der Waals surface area contributed by atoms with Crippen LogP contribution in [0.3, 0.4) is 0 Å². The summed E-state index contributed by atoms with van der Waals surface area (Å²) in [6, 6.07) is 17.1. The summed E-state index contributed by atoms with van der Waals surface area (Å²) < 4.78 is 0. The first kappa shape index (κ1) is 22.6. The van der Waals surface area contributed by atoms with Crippen LogP contribution in [0.15, 0.2) is 42.5 Å². The Morgan fingerprint density at radius 1 is 0.833 bits per heavy atom. The van der Waals surface area contributed by atoms with Crippen molar-refractivity contribution in [2.45, 2.75) is 90.9 Å². The molecule has 0 bridgehead atoms. The van der Waals surface area contributed by atoms with E-state index in [0.717, 1.165) is 17.4 Å². The quantitative estimate of drug-likeness (QED) is 0.365. The average molecular weight is 402 g/mol. The van der Waals surface area contributed by atoms with E-state index in [4.69, 9.17) is 5.26 Å². The predicted molar refractivity (Wildman–Crippen MR) is 128 cm³/mol. The van der Waals surface area contributed by atoms with Crippen molar-refractivity contribution in [3.63, 3.8) is 0 Å². The maximum absolute atomic E-state index is 8.99. The second kappa shape index (κ2) is 11.9. The first-order valence-electron chi connectivity index (χ1n) is 12.3. The van der Waals surface area contributed by atoms with Crippen molar-refractivity contribution in [3.8, 4) is 17.2 Å². The Hall–Kier alpha value is -2.07. The minimum atomic E-state index is 0.722. The van der Waals surface area contributed by atoms with E-state index < -0.39 is 0 Å². The van der Waals surface area contributed by atoms with Gasteiger partial charge in [-0.2, -0.15) is 5.26 Å². The van der Waals surface area contributed by atoms with E-state index in [1.165, 1.54) is 99.3 Å². The summed E-state index contributed by atoms with van der Waals surface area (Å²) in [6.07, 6.45) is 17.0. The lowest BCUT2D eigenvalue weighted by Gasteiger charge is -2.28. The zero-order chi connectivity index (χ0) is 21.2. The van der Waals surface area contributed by atoms with Gasteiger partial charge in [-0.25, -0.2) is 0 Å². The molecule has 1 nitrogen and oxygen atoms in total. The smallest absolute Gasteiger partial charge is 0.0991 e. The molecule has 160 valence electrons. The van der Waals surface area contributed by atoms with Gasteiger partial charge in [0.2, 0.25) is 0 Å². The fourth-order valence-electron chi connectivity index (χ4n) is 5.15. The van der Waals surface area contributed by atoms with Crippen molar-refractivity contribution >= 4 is 0 Å². The number of benzene rings is 2. The van der Waals surface area contributed by atoms with Gasteiger partial charge in [0.25, 0.3) is 0 Å². The highest BCUT2D eigenvalue weighted by Crippen LogP contribution is 2.34. The molecule has 0 heterocycles. The van der Waals surface area contributed by atoms with Crippen LogP contribution in [-0.2, 0) is 6.42 Å². The van der Waals surface area contributed by atoms with Crippen LogP contribution >= 0.6 is 0 Å². The molecular formula is C29H39N. The van der Waals surface area contributed by atoms with Crippen molar-refractivity contribution in [2.75, 3.05) is 0 Å². The SMILES string of the molecule is CCCCCCCC1CCC(CCc2ccc(-c3ccc(C#N)cc3)c(C)c2)CC1. The lowest BCUT2D eigenvalue weighted by molar-refractivity contribution is 0.248. The molecule has 1 fully saturated rings. The van der Waals surface area contributed by atoms with E-state index in [1.807, 2.05) is 12.1 Å². The molecule has 0 amide bonds. The molecule has 0 unspecified atom stereocenters. The van der Waals surface area contributed by atoms with E-state index in [2.05, 4.69) is 50.2 Å². The van der Waals surface area contributed by atoms with Crippen molar-refractivity contribution in [2.24, 2.45) is 11.8 Å². The monoisotopic (exact) mass is 401 g/mol. The topological polar surface area (TPSA) is 23.8 Å². The molecular weight excluding hydrogens is 362 g/mol. The molecule has 3 rings (SSSR count). The largest absolute Gasteiger partial charge is 0.192 e. The summed E-state index contributed by atoms with van der Waals surface area (Å²) >= 11 is 0. The lowest BCUT2D eigenvalue weighted by Crippen LogP contribution is -2.15. The highest BCUT2D eigenvalue weighted by Gasteiger charge is 2.20. The van der Waals surface area contributed by atoms with Gasteiger partial charge in [-0.3, -0.25) is 0 Å². The summed E-state index contributed by atoms with van der Waals surface area (Å²) in [5.74, 6) is 1.94. The molecule has 0 radical (unpaired) electrons. The maximum atomic E-state index is 8.99. The van der Waals surface area contributed by atoms with Gasteiger partial charge in [-0.05, 0) is 66.0 Å². The predicted octanol–water partition coefficient (Wildman–Crippen LogP) is 8.63. The molecule has 2 aromatic rings. The van der Waals surface area contributed by atoms with E-state index in [9.17, 15) is 0 Å². The summed E-state index contributed by atoms with van der Waals surface area (Å²) in [6.45, 7) is 4.51. The molecule has 30 heavy (non-hydrogen) atoms. The van der Waals surface area contributed by atoms with Gasteiger partial charge in [0.15, 0.2) is 0 Å². The maximum Gasteiger partial charge on any atom is 0.0991 e. The molecule has 2 aromatic carbocycles. The molecule has 0 aliphatic heterocycles. The summed E-state index contributed by atoms with van der Waals surface area (Å²) in [5, 5.41) is 8.99. The standard InChI is InChI=1S/C29H39N/c1-3-4-5-6-7-8-24-9-11-25(12-10-24)13-14-26-17-20-29(23(2)21-26)28-18-15-27(22-30)16-19-28/h15-21,24-25H,3-14H2,1-2H3. The Bertz CT molecular complexity index is 803. The Morgan fingerprint density at radius 2 is 1.50 bits per heavy atom. The summed E-state index contributed by atoms with van der Waals surface area (Å²) in [4.78, 5) is 0. The van der Waals surface area contributed by atoms with Gasteiger partial charge in [0.1, 0.15) is 0 Å². The normalized spacial score (nSPS) is 18.8. The number of nitrogens with zero attached hydrogens (tertiary/aromatic N) is 1. The van der Waals surface area contributed by atoms with Crippen LogP contribution in [-0.4, -0.2) is 0 Å². The highest BCUT2D eigenvalue weighted by molar-refractivity contribution is 5.68. The zero-order valence-corrected chi connectivity index (χ0v) is 19.1. The van der Waals surface area contributed by atoms with Crippen LogP contribution in [0.4, 0.5) is 0 Å². The minimum Gasteiger partial charge on any atom is -0.192 e. The number of rotatable bonds is 10. The third-order valence-electron chi connectivity index (χ3n) is 7.14. The second-order valence-corrected chi connectivity index (χ2v) is 9.47. The Labute approximate surface area is 184 Å². The lowest BCUT2D eigenvalue weighted by atomic mass is 9.77. The first-order valence-corrected chi connectivity index (χ1v) is 12.3. The molecule has 0 atom stereocenters. The summed E-state index contributed by atoms with van der Waals surface area (Å²) in [5.41, 5.74) is 6.01. The van der Waals surface area contributed by atoms with Crippen molar-refractivity contribution in [1.29, 1.82) is 5.26 Å².